The van der Waals surface area contributed by atoms with Gasteiger partial charge in [-0.05, 0) is 17.7 Å². The summed E-state index contributed by atoms with van der Waals surface area (Å²) in [5, 5.41) is 10.3. The van der Waals surface area contributed by atoms with Crippen LogP contribution in [0.5, 0.6) is 0 Å². The van der Waals surface area contributed by atoms with Crippen molar-refractivity contribution in [3.8, 4) is 0 Å². The minimum atomic E-state index is -0.918. The van der Waals surface area contributed by atoms with E-state index in [2.05, 4.69) is 18.8 Å². The number of carbonyl (C=O) groups is 1. The lowest BCUT2D eigenvalue weighted by atomic mass is 10.3. The molecule has 0 aliphatic carbocycles. The first-order chi connectivity index (χ1) is 8.02. The molecule has 5 heteroatoms. The minimum absolute atomic E-state index is 0.585. The summed E-state index contributed by atoms with van der Waals surface area (Å²) in [6, 6.07) is 0. The summed E-state index contributed by atoms with van der Waals surface area (Å²) in [5.41, 5.74) is 0.992. The molecule has 94 valence electrons. The summed E-state index contributed by atoms with van der Waals surface area (Å²) >= 11 is 3.43. The van der Waals surface area contributed by atoms with E-state index in [-0.39, 0.29) is 0 Å². The maximum absolute atomic E-state index is 10.5. The van der Waals surface area contributed by atoms with Gasteiger partial charge >= 0.3 is 5.97 Å². The van der Waals surface area contributed by atoms with E-state index in [9.17, 15) is 4.79 Å². The van der Waals surface area contributed by atoms with Crippen molar-refractivity contribution in [3.63, 3.8) is 0 Å². The van der Waals surface area contributed by atoms with Gasteiger partial charge in [-0.3, -0.25) is 0 Å². The molecule has 1 heterocycles. The highest BCUT2D eigenvalue weighted by Crippen LogP contribution is 2.25. The Morgan fingerprint density at radius 3 is 2.82 bits per heavy atom. The van der Waals surface area contributed by atoms with Crippen LogP contribution in [0.4, 0.5) is 0 Å². The lowest BCUT2D eigenvalue weighted by Crippen LogP contribution is -1.89. The summed E-state index contributed by atoms with van der Waals surface area (Å²) in [5.74, 6) is -0.0189. The van der Waals surface area contributed by atoms with Crippen molar-refractivity contribution in [3.05, 3.63) is 21.7 Å². The Morgan fingerprint density at radius 2 is 2.29 bits per heavy atom. The van der Waals surface area contributed by atoms with Crippen molar-refractivity contribution in [1.82, 2.24) is 4.98 Å². The van der Waals surface area contributed by atoms with Gasteiger partial charge in [-0.1, -0.05) is 20.8 Å². The first kappa shape index (κ1) is 14.3. The highest BCUT2D eigenvalue weighted by molar-refractivity contribution is 7.99. The number of aromatic nitrogens is 1. The maximum atomic E-state index is 10.5. The van der Waals surface area contributed by atoms with E-state index in [0.29, 0.717) is 5.25 Å². The maximum Gasteiger partial charge on any atom is 0.328 e. The smallest absolute Gasteiger partial charge is 0.328 e. The predicted molar refractivity (Wildman–Crippen MR) is 74.6 cm³/mol. The summed E-state index contributed by atoms with van der Waals surface area (Å²) < 4.78 is 0. The topological polar surface area (TPSA) is 50.2 Å². The van der Waals surface area contributed by atoms with Gasteiger partial charge < -0.3 is 5.11 Å². The fourth-order valence-corrected chi connectivity index (χ4v) is 3.08. The number of carboxylic acids is 1. The van der Waals surface area contributed by atoms with Crippen molar-refractivity contribution in [2.75, 3.05) is 0 Å². The molecule has 0 bridgehead atoms. The molecule has 0 aliphatic heterocycles. The van der Waals surface area contributed by atoms with E-state index in [1.807, 2.05) is 18.7 Å². The molecule has 0 fully saturated rings. The molecule has 0 unspecified atom stereocenters. The summed E-state index contributed by atoms with van der Waals surface area (Å²) in [7, 11) is 0. The zero-order chi connectivity index (χ0) is 12.8. The molecule has 3 nitrogen and oxygen atoms in total. The first-order valence-corrected chi connectivity index (χ1v) is 7.40. The molecule has 0 spiro atoms. The van der Waals surface area contributed by atoms with Crippen molar-refractivity contribution < 1.29 is 9.90 Å². The molecule has 17 heavy (non-hydrogen) atoms. The first-order valence-electron chi connectivity index (χ1n) is 5.54. The normalized spacial score (nSPS) is 11.5. The van der Waals surface area contributed by atoms with Crippen LogP contribution in [-0.4, -0.2) is 21.3 Å². The number of thioether (sulfide) groups is 1. The lowest BCUT2D eigenvalue weighted by Gasteiger charge is -2.00. The van der Waals surface area contributed by atoms with Crippen LogP contribution < -0.4 is 0 Å². The number of hydrogen-bond donors (Lipinski definition) is 1. The van der Waals surface area contributed by atoms with Crippen LogP contribution in [0, 0.1) is 0 Å². The largest absolute Gasteiger partial charge is 0.478 e. The molecule has 1 aromatic rings. The average molecular weight is 271 g/mol. The minimum Gasteiger partial charge on any atom is -0.478 e. The fourth-order valence-electron chi connectivity index (χ4n) is 1.24. The van der Waals surface area contributed by atoms with E-state index in [4.69, 9.17) is 5.11 Å². The van der Waals surface area contributed by atoms with Gasteiger partial charge in [0, 0.05) is 11.8 Å². The van der Waals surface area contributed by atoms with Crippen LogP contribution >= 0.6 is 23.1 Å². The molecule has 0 radical (unpaired) electrons. The van der Waals surface area contributed by atoms with Crippen LogP contribution in [0.3, 0.4) is 0 Å². The molecule has 0 saturated heterocycles. The van der Waals surface area contributed by atoms with Crippen LogP contribution in [0.1, 0.15) is 36.3 Å². The van der Waals surface area contributed by atoms with E-state index in [1.165, 1.54) is 6.08 Å². The van der Waals surface area contributed by atoms with E-state index in [0.717, 1.165) is 27.8 Å². The van der Waals surface area contributed by atoms with Gasteiger partial charge in [0.2, 0.25) is 0 Å². The summed E-state index contributed by atoms with van der Waals surface area (Å²) in [6.07, 6.45) is 3.65. The SMILES string of the molecule is CCc1nc(CSC(C)C)sc1/C=C/C(=O)O. The van der Waals surface area contributed by atoms with Crippen LogP contribution in [0.15, 0.2) is 6.08 Å². The third-order valence-corrected chi connectivity index (χ3v) is 4.38. The fraction of sp³-hybridized carbons (Fsp3) is 0.500. The molecule has 1 rings (SSSR count). The third kappa shape index (κ3) is 4.91. The number of carboxylic acid groups (broad SMARTS) is 1. The Morgan fingerprint density at radius 1 is 1.59 bits per heavy atom. The Kier molecular flexibility index (Phi) is 5.71. The second-order valence-electron chi connectivity index (χ2n) is 3.80. The zero-order valence-corrected chi connectivity index (χ0v) is 11.9. The third-order valence-electron chi connectivity index (χ3n) is 2.02. The van der Waals surface area contributed by atoms with Crippen LogP contribution in [0.25, 0.3) is 6.08 Å². The average Bonchev–Trinajstić information content (AvgIpc) is 2.66. The van der Waals surface area contributed by atoms with Crippen molar-refractivity contribution in [1.29, 1.82) is 0 Å². The van der Waals surface area contributed by atoms with Gasteiger partial charge in [0.05, 0.1) is 10.6 Å². The van der Waals surface area contributed by atoms with Gasteiger partial charge in [0.25, 0.3) is 0 Å². The zero-order valence-electron chi connectivity index (χ0n) is 10.3. The highest BCUT2D eigenvalue weighted by atomic mass is 32.2. The molecule has 0 aliphatic rings. The predicted octanol–water partition coefficient (Wildman–Crippen LogP) is 3.44. The lowest BCUT2D eigenvalue weighted by molar-refractivity contribution is -0.131. The number of nitrogens with zero attached hydrogens (tertiary/aromatic N) is 1. The standard InChI is InChI=1S/C12H17NO2S2/c1-4-9-10(5-6-12(14)15)17-11(13-9)7-16-8(2)3/h5-6,8H,4,7H2,1-3H3,(H,14,15)/b6-5+. The summed E-state index contributed by atoms with van der Waals surface area (Å²) in [4.78, 5) is 16.0. The van der Waals surface area contributed by atoms with E-state index < -0.39 is 5.97 Å². The molecule has 1 aromatic heterocycles. The molecule has 1 N–H and O–H groups in total. The van der Waals surface area contributed by atoms with Gasteiger partial charge in [0.15, 0.2) is 0 Å². The number of thiazole rings is 1. The number of rotatable bonds is 6. The Bertz CT molecular complexity index is 411. The second kappa shape index (κ2) is 6.81. The van der Waals surface area contributed by atoms with Crippen LogP contribution in [0.2, 0.25) is 0 Å². The number of aliphatic carboxylic acids is 1. The van der Waals surface area contributed by atoms with Crippen molar-refractivity contribution in [2.24, 2.45) is 0 Å². The molecule has 0 atom stereocenters. The van der Waals surface area contributed by atoms with Crippen molar-refractivity contribution in [2.45, 2.75) is 38.2 Å². The molecule has 0 amide bonds. The monoisotopic (exact) mass is 271 g/mol. The Balaban J connectivity index is 2.79. The van der Waals surface area contributed by atoms with Gasteiger partial charge in [-0.2, -0.15) is 11.8 Å². The molecule has 0 aromatic carbocycles. The molecular formula is C12H17NO2S2. The molecular weight excluding hydrogens is 254 g/mol. The molecule has 0 saturated carbocycles. The summed E-state index contributed by atoms with van der Waals surface area (Å²) in [6.45, 7) is 6.35. The van der Waals surface area contributed by atoms with E-state index in [1.54, 1.807) is 17.4 Å². The second-order valence-corrected chi connectivity index (χ2v) is 6.48. The van der Waals surface area contributed by atoms with Crippen LogP contribution in [-0.2, 0) is 17.0 Å². The quantitative estimate of drug-likeness (QED) is 0.805. The Hall–Kier alpha value is -0.810. The number of aryl methyl sites for hydroxylation is 1. The van der Waals surface area contributed by atoms with Gasteiger partial charge in [0.1, 0.15) is 5.01 Å². The van der Waals surface area contributed by atoms with Crippen molar-refractivity contribution >= 4 is 35.1 Å². The van der Waals surface area contributed by atoms with Gasteiger partial charge in [-0.15, -0.1) is 11.3 Å². The van der Waals surface area contributed by atoms with Gasteiger partial charge in [-0.25, -0.2) is 9.78 Å². The number of hydrogen-bond acceptors (Lipinski definition) is 4. The van der Waals surface area contributed by atoms with E-state index >= 15 is 0 Å². The Labute approximate surface area is 110 Å². The highest BCUT2D eigenvalue weighted by Gasteiger charge is 2.08.